The van der Waals surface area contributed by atoms with Gasteiger partial charge in [-0.25, -0.2) is 0 Å². The second kappa shape index (κ2) is 11.3. The van der Waals surface area contributed by atoms with Gasteiger partial charge < -0.3 is 20.3 Å². The van der Waals surface area contributed by atoms with Crippen LogP contribution in [-0.4, -0.2) is 47.7 Å². The van der Waals surface area contributed by atoms with Crippen LogP contribution in [0, 0.1) is 5.92 Å². The molecule has 1 rings (SSSR count). The molecule has 144 valence electrons. The third-order valence-electron chi connectivity index (χ3n) is 3.46. The molecule has 0 amide bonds. The molecule has 0 heterocycles. The van der Waals surface area contributed by atoms with Crippen molar-refractivity contribution in [2.45, 2.75) is 19.4 Å². The highest BCUT2D eigenvalue weighted by atomic mass is 35.5. The minimum absolute atomic E-state index is 0.0439. The number of thioether (sulfide) groups is 1. The summed E-state index contributed by atoms with van der Waals surface area (Å²) in [4.78, 5) is 33.6. The van der Waals surface area contributed by atoms with Gasteiger partial charge in [-0.1, -0.05) is 30.1 Å². The van der Waals surface area contributed by atoms with Crippen molar-refractivity contribution in [3.05, 3.63) is 27.7 Å². The van der Waals surface area contributed by atoms with Crippen LogP contribution >= 0.6 is 35.0 Å². The van der Waals surface area contributed by atoms with E-state index in [1.807, 2.05) is 6.92 Å². The maximum absolute atomic E-state index is 12.7. The van der Waals surface area contributed by atoms with E-state index in [2.05, 4.69) is 4.74 Å². The van der Waals surface area contributed by atoms with E-state index in [9.17, 15) is 14.4 Å². The van der Waals surface area contributed by atoms with Crippen LogP contribution in [0.15, 0.2) is 12.1 Å². The summed E-state index contributed by atoms with van der Waals surface area (Å²) in [6.45, 7) is 1.75. The third-order valence-corrected chi connectivity index (χ3v) is 5.56. The fourth-order valence-electron chi connectivity index (χ4n) is 1.97. The van der Waals surface area contributed by atoms with Crippen LogP contribution in [-0.2, 0) is 14.3 Å². The first-order valence-electron chi connectivity index (χ1n) is 7.59. The second-order valence-electron chi connectivity index (χ2n) is 5.22. The number of nitrogens with two attached hydrogens (primary N) is 1. The highest BCUT2D eigenvalue weighted by Crippen LogP contribution is 2.36. The Morgan fingerprint density at radius 3 is 2.58 bits per heavy atom. The largest absolute Gasteiger partial charge is 0.480 e. The van der Waals surface area contributed by atoms with Gasteiger partial charge in [0.1, 0.15) is 16.8 Å². The zero-order chi connectivity index (χ0) is 19.7. The number of hydrogen-bond donors (Lipinski definition) is 2. The zero-order valence-electron chi connectivity index (χ0n) is 13.9. The Bertz CT molecular complexity index is 658. The predicted molar refractivity (Wildman–Crippen MR) is 100 cm³/mol. The lowest BCUT2D eigenvalue weighted by atomic mass is 9.97. The average molecular weight is 424 g/mol. The van der Waals surface area contributed by atoms with Gasteiger partial charge in [0.05, 0.1) is 5.02 Å². The molecule has 0 aliphatic carbocycles. The van der Waals surface area contributed by atoms with E-state index < -0.39 is 12.0 Å². The molecule has 0 spiro atoms. The van der Waals surface area contributed by atoms with Gasteiger partial charge in [-0.2, -0.15) is 11.8 Å². The number of carboxylic acids is 1. The molecular formula is C16H19Cl2NO6S. The Labute approximate surface area is 165 Å². The minimum atomic E-state index is -1.08. The number of carbonyl (C=O) groups excluding carboxylic acids is 2. The molecule has 10 heteroatoms. The summed E-state index contributed by atoms with van der Waals surface area (Å²) in [6.07, 6.45) is 0.549. The van der Waals surface area contributed by atoms with Crippen molar-refractivity contribution in [1.82, 2.24) is 0 Å². The molecule has 1 aromatic rings. The lowest BCUT2D eigenvalue weighted by Gasteiger charge is -2.16. The predicted octanol–water partition coefficient (Wildman–Crippen LogP) is 2.86. The van der Waals surface area contributed by atoms with Gasteiger partial charge in [0.2, 0.25) is 6.79 Å². The number of aliphatic carboxylic acids is 1. The summed E-state index contributed by atoms with van der Waals surface area (Å²) in [5, 5.41) is 8.88. The van der Waals surface area contributed by atoms with Gasteiger partial charge in [0, 0.05) is 23.0 Å². The number of carbonyl (C=O) groups is 3. The Balaban J connectivity index is 2.81. The topological polar surface area (TPSA) is 116 Å². The second-order valence-corrected chi connectivity index (χ2v) is 7.05. The maximum atomic E-state index is 12.7. The standard InChI is InChI=1S/C16H19Cl2NO6S/c1-2-9(5-26-6-11(19)16(22)23)15(21)10-3-4-12(14(18)13(10)17)25-8-24-7-20/h3-4,7,9,11H,2,5-6,8,19H2,1H3,(H,22,23)/t9?,11-/m0/s1. The van der Waals surface area contributed by atoms with Crippen molar-refractivity contribution >= 4 is 53.2 Å². The monoisotopic (exact) mass is 423 g/mol. The smallest absolute Gasteiger partial charge is 0.321 e. The fraction of sp³-hybridized carbons (Fsp3) is 0.438. The van der Waals surface area contributed by atoms with Gasteiger partial charge in [0.25, 0.3) is 6.47 Å². The minimum Gasteiger partial charge on any atom is -0.480 e. The van der Waals surface area contributed by atoms with E-state index in [0.717, 1.165) is 0 Å². The molecule has 0 bridgehead atoms. The molecule has 0 radical (unpaired) electrons. The summed E-state index contributed by atoms with van der Waals surface area (Å²) in [5.41, 5.74) is 5.70. The molecule has 1 aromatic carbocycles. The fourth-order valence-corrected chi connectivity index (χ4v) is 3.64. The highest BCUT2D eigenvalue weighted by molar-refractivity contribution is 7.99. The van der Waals surface area contributed by atoms with Gasteiger partial charge in [0.15, 0.2) is 5.78 Å². The van der Waals surface area contributed by atoms with Crippen molar-refractivity contribution in [3.63, 3.8) is 0 Å². The third kappa shape index (κ3) is 6.35. The first-order chi connectivity index (χ1) is 12.3. The van der Waals surface area contributed by atoms with E-state index in [0.29, 0.717) is 12.2 Å². The van der Waals surface area contributed by atoms with Crippen LogP contribution in [0.3, 0.4) is 0 Å². The molecule has 26 heavy (non-hydrogen) atoms. The quantitative estimate of drug-likeness (QED) is 0.228. The average Bonchev–Trinajstić information content (AvgIpc) is 2.61. The van der Waals surface area contributed by atoms with E-state index in [1.165, 1.54) is 23.9 Å². The van der Waals surface area contributed by atoms with Gasteiger partial charge in [-0.05, 0) is 18.6 Å². The Morgan fingerprint density at radius 2 is 2.00 bits per heavy atom. The molecule has 3 N–H and O–H groups in total. The molecule has 2 atom stereocenters. The van der Waals surface area contributed by atoms with E-state index in [-0.39, 0.29) is 52.1 Å². The van der Waals surface area contributed by atoms with Crippen molar-refractivity contribution in [2.24, 2.45) is 11.7 Å². The SMILES string of the molecule is CCC(CSC[C@H](N)C(=O)O)C(=O)c1ccc(OCOC=O)c(Cl)c1Cl. The maximum Gasteiger partial charge on any atom is 0.321 e. The molecule has 1 unspecified atom stereocenters. The lowest BCUT2D eigenvalue weighted by molar-refractivity contribution is -0.138. The number of benzene rings is 1. The summed E-state index contributed by atoms with van der Waals surface area (Å²) in [5.74, 6) is -0.843. The molecule has 0 aliphatic rings. The molecule has 0 saturated carbocycles. The first-order valence-corrected chi connectivity index (χ1v) is 9.50. The van der Waals surface area contributed by atoms with Crippen LogP contribution in [0.25, 0.3) is 0 Å². The van der Waals surface area contributed by atoms with Crippen molar-refractivity contribution < 1.29 is 29.0 Å². The summed E-state index contributed by atoms with van der Waals surface area (Å²) >= 11 is 13.6. The molecule has 0 fully saturated rings. The van der Waals surface area contributed by atoms with Crippen LogP contribution in [0.2, 0.25) is 10.0 Å². The first kappa shape index (κ1) is 22.6. The van der Waals surface area contributed by atoms with Crippen molar-refractivity contribution in [1.29, 1.82) is 0 Å². The summed E-state index contributed by atoms with van der Waals surface area (Å²) in [6, 6.07) is 1.98. The van der Waals surface area contributed by atoms with E-state index in [1.54, 1.807) is 0 Å². The Morgan fingerprint density at radius 1 is 1.31 bits per heavy atom. The number of carboxylic acid groups (broad SMARTS) is 1. The lowest BCUT2D eigenvalue weighted by Crippen LogP contribution is -2.33. The van der Waals surface area contributed by atoms with Gasteiger partial charge >= 0.3 is 5.97 Å². The summed E-state index contributed by atoms with van der Waals surface area (Å²) in [7, 11) is 0. The van der Waals surface area contributed by atoms with Crippen molar-refractivity contribution in [2.75, 3.05) is 18.3 Å². The Kier molecular flexibility index (Phi) is 9.79. The van der Waals surface area contributed by atoms with Crippen LogP contribution in [0.4, 0.5) is 0 Å². The highest BCUT2D eigenvalue weighted by Gasteiger charge is 2.24. The molecular weight excluding hydrogens is 405 g/mol. The number of Topliss-reactive ketones (excluding diaryl/α,β-unsaturated/α-hetero) is 1. The number of halogens is 2. The number of ketones is 1. The van der Waals surface area contributed by atoms with E-state index in [4.69, 9.17) is 38.8 Å². The number of hydrogen-bond acceptors (Lipinski definition) is 7. The van der Waals surface area contributed by atoms with Crippen LogP contribution in [0.1, 0.15) is 23.7 Å². The van der Waals surface area contributed by atoms with Gasteiger partial charge in [-0.3, -0.25) is 14.4 Å². The van der Waals surface area contributed by atoms with Crippen LogP contribution < -0.4 is 10.5 Å². The summed E-state index contributed by atoms with van der Waals surface area (Å²) < 4.78 is 9.56. The molecule has 7 nitrogen and oxygen atoms in total. The number of rotatable bonds is 12. The molecule has 0 aliphatic heterocycles. The zero-order valence-corrected chi connectivity index (χ0v) is 16.3. The molecule has 0 aromatic heterocycles. The molecule has 0 saturated heterocycles. The Hall–Kier alpha value is -1.48. The van der Waals surface area contributed by atoms with Gasteiger partial charge in [-0.15, -0.1) is 0 Å². The van der Waals surface area contributed by atoms with Crippen LogP contribution in [0.5, 0.6) is 5.75 Å². The normalized spacial score (nSPS) is 12.9. The van der Waals surface area contributed by atoms with Crippen molar-refractivity contribution in [3.8, 4) is 5.75 Å². The van der Waals surface area contributed by atoms with E-state index >= 15 is 0 Å². The number of ether oxygens (including phenoxy) is 2.